The van der Waals surface area contributed by atoms with Gasteiger partial charge in [0.2, 0.25) is 0 Å². The first-order chi connectivity index (χ1) is 67.3. The number of nitrogens with zero attached hydrogens (tertiary/aromatic N) is 18. The van der Waals surface area contributed by atoms with Crippen molar-refractivity contribution in [3.05, 3.63) is 305 Å². The minimum absolute atomic E-state index is 0.392. The Morgan fingerprint density at radius 2 is 0.723 bits per heavy atom. The van der Waals surface area contributed by atoms with Crippen LogP contribution in [0.25, 0.3) is 184 Å². The van der Waals surface area contributed by atoms with Crippen LogP contribution in [0.1, 0.15) is 71.6 Å². The third-order valence-corrected chi connectivity index (χ3v) is 22.3. The van der Waals surface area contributed by atoms with E-state index in [1.165, 1.54) is 25.2 Å². The van der Waals surface area contributed by atoms with Crippen LogP contribution in [-0.2, 0) is 4.74 Å². The zero-order valence-corrected chi connectivity index (χ0v) is 75.0. The Morgan fingerprint density at radius 1 is 0.343 bits per heavy atom. The number of imidazole rings is 5. The van der Waals surface area contributed by atoms with Gasteiger partial charge in [-0.1, -0.05) is 91.1 Å². The van der Waals surface area contributed by atoms with Gasteiger partial charge in [0.05, 0.1) is 146 Å². The number of nitrogens with one attached hydrogen (secondary N) is 10. The number of H-pyrrole nitrogens is 10. The number of benzene rings is 6. The second-order valence-corrected chi connectivity index (χ2v) is 31.1. The van der Waals surface area contributed by atoms with E-state index in [2.05, 4.69) is 180 Å². The molecule has 137 heavy (non-hydrogen) atoms. The molecule has 0 amide bonds. The van der Waals surface area contributed by atoms with Gasteiger partial charge in [0, 0.05) is 151 Å². The number of fused-ring (bicyclic) bond motifs is 6. The van der Waals surface area contributed by atoms with E-state index in [-0.39, 0.29) is 0 Å². The van der Waals surface area contributed by atoms with Gasteiger partial charge in [-0.3, -0.25) is 50.4 Å². The van der Waals surface area contributed by atoms with Crippen LogP contribution in [0.5, 0.6) is 28.7 Å². The molecule has 1 saturated heterocycles. The molecule has 0 spiro atoms. The molecule has 678 valence electrons. The number of carbonyl (C=O) groups is 1. The second kappa shape index (κ2) is 41.5. The van der Waals surface area contributed by atoms with E-state index >= 15 is 0 Å². The van der Waals surface area contributed by atoms with E-state index < -0.39 is 5.97 Å². The summed E-state index contributed by atoms with van der Waals surface area (Å²) in [5.41, 5.74) is 24.4. The van der Waals surface area contributed by atoms with Crippen molar-refractivity contribution in [2.45, 2.75) is 0 Å². The molecule has 1 fully saturated rings. The van der Waals surface area contributed by atoms with Gasteiger partial charge in [-0.2, -0.15) is 30.8 Å². The summed E-state index contributed by atoms with van der Waals surface area (Å²) in [7, 11) is 11.7. The van der Waals surface area contributed by atoms with Crippen LogP contribution in [0.4, 0.5) is 5.69 Å². The summed E-state index contributed by atoms with van der Waals surface area (Å²) in [5.74, 6) is 6.97. The minimum Gasteiger partial charge on any atom is -0.497 e. The SMILES string of the molecule is CN1CCN(c2ccc3nc(-c4[nH]ncc4/C=C/c4cccnc4)[nH]c3c2)CC1.COC(=O)c1cncc(/C=C/c2cn[nH]c2-c2nc3ccc(OC)cc3[nH]2)c1.COc1ccc2nc(-c3[nH]ncc3/C=C/c3cncc(C#N)c3)[nH]c2c1.COc1ccc2nc(-c3[nH]ncc3/C=C/c3cncc4ccccc34)[nH]c2c1.COc1cncc(/C=C/c2cn[nH]c2-c2nc3ccc(OC)cc3[nH]2)c1. The van der Waals surface area contributed by atoms with Crippen molar-refractivity contribution in [3.8, 4) is 92.4 Å². The summed E-state index contributed by atoms with van der Waals surface area (Å²) in [5, 5.41) is 47.1. The molecular formula is C102H88N28O7. The number of likely N-dealkylation sites (N-methyl/N-ethyl adjacent to an activating group) is 1. The summed E-state index contributed by atoms with van der Waals surface area (Å²) < 4.78 is 31.0. The number of anilines is 1. The zero-order valence-electron chi connectivity index (χ0n) is 75.0. The predicted molar refractivity (Wildman–Crippen MR) is 530 cm³/mol. The van der Waals surface area contributed by atoms with Crippen molar-refractivity contribution >= 4 is 138 Å². The van der Waals surface area contributed by atoms with Crippen LogP contribution in [0.3, 0.4) is 0 Å². The lowest BCUT2D eigenvalue weighted by Crippen LogP contribution is -2.44. The van der Waals surface area contributed by atoms with Gasteiger partial charge in [0.25, 0.3) is 0 Å². The molecule has 0 aliphatic carbocycles. The number of methoxy groups -OCH3 is 6. The predicted octanol–water partition coefficient (Wildman–Crippen LogP) is 18.2. The quantitative estimate of drug-likeness (QED) is 0.0282. The molecule has 21 aromatic rings. The number of carbonyl (C=O) groups excluding carboxylic acids is 1. The Bertz CT molecular complexity index is 8020. The van der Waals surface area contributed by atoms with E-state index in [1.54, 1.807) is 103 Å². The normalized spacial score (nSPS) is 12.2. The molecule has 35 heteroatoms. The average Bonchev–Trinajstić information content (AvgIpc) is 1.84. The van der Waals surface area contributed by atoms with Crippen LogP contribution in [0.2, 0.25) is 0 Å². The van der Waals surface area contributed by atoms with E-state index in [9.17, 15) is 4.79 Å². The highest BCUT2D eigenvalue weighted by Gasteiger charge is 2.21. The lowest BCUT2D eigenvalue weighted by molar-refractivity contribution is 0.0600. The largest absolute Gasteiger partial charge is 0.497 e. The summed E-state index contributed by atoms with van der Waals surface area (Å²) in [6.45, 7) is 4.28. The zero-order chi connectivity index (χ0) is 93.9. The molecule has 15 aromatic heterocycles. The maximum Gasteiger partial charge on any atom is 0.339 e. The molecule has 22 rings (SSSR count). The Kier molecular flexibility index (Phi) is 26.9. The van der Waals surface area contributed by atoms with Gasteiger partial charge in [0.15, 0.2) is 29.1 Å². The summed E-state index contributed by atoms with van der Waals surface area (Å²) in [6.07, 6.45) is 45.5. The fourth-order valence-corrected chi connectivity index (χ4v) is 15.1. The number of esters is 1. The highest BCUT2D eigenvalue weighted by Crippen LogP contribution is 2.34. The number of aromatic amines is 10. The highest BCUT2D eigenvalue weighted by atomic mass is 16.5. The molecule has 0 radical (unpaired) electrons. The maximum absolute atomic E-state index is 11.6. The molecule has 1 aliphatic heterocycles. The lowest BCUT2D eigenvalue weighted by Gasteiger charge is -2.34. The van der Waals surface area contributed by atoms with E-state index in [1.807, 2.05) is 183 Å². The standard InChI is InChI=1S/C22H23N7.C22H17N5O.C20H17N5O3.C19H14N6O.C19H17N5O2/c1-28-9-11-29(12-10-28)18-6-7-19-20(13-18)26-22(25-19)21-17(15-24-27-21)5-4-16-3-2-8-23-14-16;1-28-17-8-9-19-20(10-17)26-22(25-19)21-16(13-24-27-21)7-6-15-12-23-11-14-4-2-3-5-18(14)15;1-27-15-5-6-16-17(8-15)24-19(23-16)18-13(11-22-25-18)4-3-12-7-14(10-21-9-12)20(26)28-2;1-26-15-4-5-16-17(7-15)24-19(23-16)18-14(11-22-25-18)3-2-12-6-13(8-20)10-21-9-12;1-25-14-5-6-16-17(8-14)23-19(22-16)18-13(10-21-24-18)4-3-12-7-15(26-2)11-20-9-12/h2-8,13-15H,9-12H2,1H3,(H,24,27)(H,25,26);2-13H,1H3,(H,24,27)(H,25,26);3-11H,1-2H3,(H,22,25)(H,23,24);2-7,9-11H,1H3,(H,22,25)(H,23,24);3-11H,1-2H3,(H,21,24)(H,22,23)/b5-4+;7-6+;4-3+;3-2+;4-3+. The smallest absolute Gasteiger partial charge is 0.339 e. The first kappa shape index (κ1) is 88.8. The Balaban J connectivity index is 0.000000114. The third kappa shape index (κ3) is 21.0. The lowest BCUT2D eigenvalue weighted by atomic mass is 10.1. The summed E-state index contributed by atoms with van der Waals surface area (Å²) >= 11 is 0. The van der Waals surface area contributed by atoms with Crippen molar-refractivity contribution in [1.29, 1.82) is 5.26 Å². The number of aromatic nitrogens is 25. The van der Waals surface area contributed by atoms with Gasteiger partial charge in [0.1, 0.15) is 63.3 Å². The number of piperazine rings is 1. The van der Waals surface area contributed by atoms with Crippen molar-refractivity contribution in [2.75, 3.05) is 80.8 Å². The van der Waals surface area contributed by atoms with Gasteiger partial charge < -0.3 is 63.1 Å². The van der Waals surface area contributed by atoms with Crippen molar-refractivity contribution in [1.82, 2.24) is 131 Å². The number of rotatable bonds is 22. The topological polar surface area (TPSA) is 454 Å². The molecule has 16 heterocycles. The molecule has 10 N–H and O–H groups in total. The van der Waals surface area contributed by atoms with Gasteiger partial charge >= 0.3 is 5.97 Å². The molecule has 1 aliphatic rings. The average molecular weight is 1820 g/mol. The number of hydrogen-bond acceptors (Lipinski definition) is 25. The molecular weight excluding hydrogens is 1730 g/mol. The van der Waals surface area contributed by atoms with Crippen molar-refractivity contribution in [3.63, 3.8) is 0 Å². The summed E-state index contributed by atoms with van der Waals surface area (Å²) in [4.78, 5) is 77.1. The van der Waals surface area contributed by atoms with Crippen LogP contribution in [0.15, 0.2) is 239 Å². The van der Waals surface area contributed by atoms with Gasteiger partial charge in [-0.05, 0) is 126 Å². The summed E-state index contributed by atoms with van der Waals surface area (Å²) in [6, 6.07) is 48.9. The Hall–Kier alpha value is -18.9. The third-order valence-electron chi connectivity index (χ3n) is 22.3. The van der Waals surface area contributed by atoms with E-state index in [0.717, 1.165) is 211 Å². The monoisotopic (exact) mass is 1820 g/mol. The van der Waals surface area contributed by atoms with Crippen LogP contribution < -0.4 is 28.6 Å². The first-order valence-electron chi connectivity index (χ1n) is 43.1. The van der Waals surface area contributed by atoms with E-state index in [0.29, 0.717) is 34.3 Å². The fourth-order valence-electron chi connectivity index (χ4n) is 15.1. The molecule has 35 nitrogen and oxygen atoms in total. The van der Waals surface area contributed by atoms with Crippen LogP contribution in [0, 0.1) is 11.3 Å². The maximum atomic E-state index is 11.6. The van der Waals surface area contributed by atoms with Gasteiger partial charge in [-0.25, -0.2) is 29.7 Å². The van der Waals surface area contributed by atoms with Crippen molar-refractivity contribution in [2.24, 2.45) is 0 Å². The fraction of sp³-hybridized carbons (Fsp3) is 0.108. The number of nitriles is 1. The van der Waals surface area contributed by atoms with E-state index in [4.69, 9.17) is 38.7 Å². The Labute approximate surface area is 781 Å². The van der Waals surface area contributed by atoms with Crippen LogP contribution >= 0.6 is 0 Å². The molecule has 0 bridgehead atoms. The van der Waals surface area contributed by atoms with Gasteiger partial charge in [-0.15, -0.1) is 0 Å². The Morgan fingerprint density at radius 3 is 1.15 bits per heavy atom. The van der Waals surface area contributed by atoms with Crippen LogP contribution in [-0.4, -0.2) is 213 Å². The molecule has 0 atom stereocenters. The first-order valence-corrected chi connectivity index (χ1v) is 43.1. The second-order valence-electron chi connectivity index (χ2n) is 31.1. The molecule has 0 unspecified atom stereocenters. The number of pyridine rings is 5. The van der Waals surface area contributed by atoms with Crippen molar-refractivity contribution < 1.29 is 33.2 Å². The molecule has 6 aromatic carbocycles. The molecule has 0 saturated carbocycles. The minimum atomic E-state index is -0.426. The number of hydrogen-bond donors (Lipinski definition) is 10. The number of ether oxygens (including phenoxy) is 6. The highest BCUT2D eigenvalue weighted by molar-refractivity contribution is 5.95.